The fraction of sp³-hybridized carbons (Fsp3) is 0.308. The molecule has 0 fully saturated rings. The summed E-state index contributed by atoms with van der Waals surface area (Å²) in [5.41, 5.74) is 1.49. The van der Waals surface area contributed by atoms with Gasteiger partial charge in [0.05, 0.1) is 6.61 Å². The second kappa shape index (κ2) is 3.54. The lowest BCUT2D eigenvalue weighted by Gasteiger charge is -2.28. The molecule has 0 heterocycles. The van der Waals surface area contributed by atoms with Gasteiger partial charge in [-0.3, -0.25) is 4.79 Å². The van der Waals surface area contributed by atoms with Crippen molar-refractivity contribution in [3.05, 3.63) is 47.6 Å². The van der Waals surface area contributed by atoms with Crippen LogP contribution >= 0.6 is 0 Å². The van der Waals surface area contributed by atoms with Crippen LogP contribution in [0.15, 0.2) is 47.6 Å². The topological polar surface area (TPSA) is 26.3 Å². The Morgan fingerprint density at radius 2 is 2.00 bits per heavy atom. The molecule has 2 rings (SSSR count). The van der Waals surface area contributed by atoms with E-state index in [1.54, 1.807) is 0 Å². The molecule has 0 aromatic heterocycles. The number of carbonyl (C=O) groups excluding carboxylic acids is 1. The maximum Gasteiger partial charge on any atom is 0.324 e. The molecule has 0 saturated heterocycles. The van der Waals surface area contributed by atoms with E-state index < -0.39 is 5.41 Å². The minimum Gasteiger partial charge on any atom is -0.465 e. The van der Waals surface area contributed by atoms with Crippen molar-refractivity contribution < 1.29 is 9.53 Å². The highest BCUT2D eigenvalue weighted by molar-refractivity contribution is 5.89. The number of carbonyl (C=O) groups is 1. The molecule has 0 amide bonds. The number of hydrogen-bond donors (Lipinski definition) is 0. The molecule has 0 bridgehead atoms. The maximum atomic E-state index is 12.0. The predicted octanol–water partition coefficient (Wildman–Crippen LogP) is 2.55. The first-order valence-corrected chi connectivity index (χ1v) is 5.14. The lowest BCUT2D eigenvalue weighted by molar-refractivity contribution is -0.148. The first-order chi connectivity index (χ1) is 7.20. The van der Waals surface area contributed by atoms with Crippen LogP contribution < -0.4 is 0 Å². The highest BCUT2D eigenvalue weighted by atomic mass is 16.5. The molecule has 2 aliphatic rings. The quantitative estimate of drug-likeness (QED) is 0.643. The molecular formula is C13H14O2. The van der Waals surface area contributed by atoms with E-state index in [0.29, 0.717) is 6.61 Å². The van der Waals surface area contributed by atoms with Gasteiger partial charge in [0, 0.05) is 0 Å². The summed E-state index contributed by atoms with van der Waals surface area (Å²) in [7, 11) is 0. The molecule has 1 atom stereocenters. The monoisotopic (exact) mass is 202 g/mol. The van der Waals surface area contributed by atoms with Gasteiger partial charge in [-0.1, -0.05) is 36.5 Å². The molecule has 0 N–H and O–H groups in total. The summed E-state index contributed by atoms with van der Waals surface area (Å²) < 4.78 is 5.12. The Balaban J connectivity index is 2.40. The van der Waals surface area contributed by atoms with Crippen LogP contribution in [0.25, 0.3) is 0 Å². The highest BCUT2D eigenvalue weighted by Gasteiger charge is 2.42. The van der Waals surface area contributed by atoms with Gasteiger partial charge in [-0.05, 0) is 25.0 Å². The number of allylic oxidation sites excluding steroid dienone is 5. The third-order valence-corrected chi connectivity index (χ3v) is 2.81. The van der Waals surface area contributed by atoms with E-state index in [1.807, 2.05) is 50.3 Å². The van der Waals surface area contributed by atoms with Crippen molar-refractivity contribution in [1.82, 2.24) is 0 Å². The molecule has 15 heavy (non-hydrogen) atoms. The average Bonchev–Trinajstić information content (AvgIpc) is 2.64. The van der Waals surface area contributed by atoms with E-state index in [0.717, 1.165) is 11.1 Å². The van der Waals surface area contributed by atoms with Crippen molar-refractivity contribution in [1.29, 1.82) is 0 Å². The molecule has 0 aliphatic heterocycles. The fourth-order valence-corrected chi connectivity index (χ4v) is 2.06. The second-order valence-corrected chi connectivity index (χ2v) is 3.74. The summed E-state index contributed by atoms with van der Waals surface area (Å²) in [5, 5.41) is 0. The van der Waals surface area contributed by atoms with Crippen molar-refractivity contribution in [2.75, 3.05) is 6.61 Å². The summed E-state index contributed by atoms with van der Waals surface area (Å²) in [6, 6.07) is 0. The Bertz CT molecular complexity index is 410. The minimum absolute atomic E-state index is 0.186. The summed E-state index contributed by atoms with van der Waals surface area (Å²) in [4.78, 5) is 12.0. The van der Waals surface area contributed by atoms with Crippen molar-refractivity contribution in [3.63, 3.8) is 0 Å². The van der Waals surface area contributed by atoms with Crippen LogP contribution in [0.2, 0.25) is 0 Å². The maximum absolute atomic E-state index is 12.0. The normalized spacial score (nSPS) is 27.1. The third kappa shape index (κ3) is 1.37. The van der Waals surface area contributed by atoms with Gasteiger partial charge in [0.1, 0.15) is 5.41 Å². The zero-order chi connectivity index (χ0) is 10.9. The van der Waals surface area contributed by atoms with Crippen LogP contribution in [0, 0.1) is 5.41 Å². The number of fused-ring (bicyclic) bond motifs is 1. The number of rotatable bonds is 2. The Labute approximate surface area is 89.6 Å². The molecule has 2 nitrogen and oxygen atoms in total. The second-order valence-electron chi connectivity index (χ2n) is 3.74. The van der Waals surface area contributed by atoms with Gasteiger partial charge in [-0.15, -0.1) is 0 Å². The molecule has 2 aliphatic carbocycles. The van der Waals surface area contributed by atoms with Crippen molar-refractivity contribution in [2.24, 2.45) is 5.41 Å². The molecule has 1 unspecified atom stereocenters. The first kappa shape index (κ1) is 9.97. The van der Waals surface area contributed by atoms with Crippen molar-refractivity contribution in [2.45, 2.75) is 13.8 Å². The smallest absolute Gasteiger partial charge is 0.324 e. The number of ether oxygens (including phenoxy) is 1. The molecule has 0 spiro atoms. The van der Waals surface area contributed by atoms with Gasteiger partial charge >= 0.3 is 5.97 Å². The third-order valence-electron chi connectivity index (χ3n) is 2.81. The van der Waals surface area contributed by atoms with E-state index >= 15 is 0 Å². The summed E-state index contributed by atoms with van der Waals surface area (Å²) in [6.45, 7) is 4.25. The van der Waals surface area contributed by atoms with E-state index in [4.69, 9.17) is 4.74 Å². The molecule has 0 aromatic rings. The Morgan fingerprint density at radius 3 is 2.67 bits per heavy atom. The molecular weight excluding hydrogens is 188 g/mol. The Morgan fingerprint density at radius 1 is 1.33 bits per heavy atom. The van der Waals surface area contributed by atoms with Crippen molar-refractivity contribution >= 4 is 5.97 Å². The van der Waals surface area contributed by atoms with Crippen molar-refractivity contribution in [3.8, 4) is 0 Å². The van der Waals surface area contributed by atoms with Gasteiger partial charge in [0.2, 0.25) is 0 Å². The molecule has 78 valence electrons. The van der Waals surface area contributed by atoms with Gasteiger partial charge in [-0.2, -0.15) is 0 Å². The number of esters is 1. The Hall–Kier alpha value is -1.57. The van der Waals surface area contributed by atoms with E-state index in [-0.39, 0.29) is 5.97 Å². The minimum atomic E-state index is -0.658. The average molecular weight is 202 g/mol. The van der Waals surface area contributed by atoms with Crippen LogP contribution in [0.4, 0.5) is 0 Å². The fourth-order valence-electron chi connectivity index (χ4n) is 2.06. The Kier molecular flexibility index (Phi) is 2.35. The number of hydrogen-bond acceptors (Lipinski definition) is 2. The lowest BCUT2D eigenvalue weighted by atomic mass is 9.76. The van der Waals surface area contributed by atoms with Crippen LogP contribution in [0.3, 0.4) is 0 Å². The lowest BCUT2D eigenvalue weighted by Crippen LogP contribution is -2.31. The molecule has 0 radical (unpaired) electrons. The molecule has 0 aromatic carbocycles. The van der Waals surface area contributed by atoms with Gasteiger partial charge in [0.15, 0.2) is 0 Å². The van der Waals surface area contributed by atoms with E-state index in [9.17, 15) is 4.79 Å². The van der Waals surface area contributed by atoms with Gasteiger partial charge < -0.3 is 4.74 Å². The van der Waals surface area contributed by atoms with Crippen LogP contribution in [0.5, 0.6) is 0 Å². The van der Waals surface area contributed by atoms with Gasteiger partial charge in [0.25, 0.3) is 0 Å². The SMILES string of the molecule is CCOC(=O)C12C=CC=C(C)C1=CC=C2. The zero-order valence-electron chi connectivity index (χ0n) is 8.99. The van der Waals surface area contributed by atoms with Gasteiger partial charge in [-0.25, -0.2) is 0 Å². The first-order valence-electron chi connectivity index (χ1n) is 5.14. The largest absolute Gasteiger partial charge is 0.465 e. The van der Waals surface area contributed by atoms with E-state index in [2.05, 4.69) is 0 Å². The zero-order valence-corrected chi connectivity index (χ0v) is 8.99. The van der Waals surface area contributed by atoms with Crippen LogP contribution in [0.1, 0.15) is 13.8 Å². The highest BCUT2D eigenvalue weighted by Crippen LogP contribution is 2.42. The predicted molar refractivity (Wildman–Crippen MR) is 59.2 cm³/mol. The van der Waals surface area contributed by atoms with Crippen LogP contribution in [-0.2, 0) is 9.53 Å². The van der Waals surface area contributed by atoms with E-state index in [1.165, 1.54) is 0 Å². The summed E-state index contributed by atoms with van der Waals surface area (Å²) in [5.74, 6) is -0.186. The molecule has 2 heteroatoms. The van der Waals surface area contributed by atoms with Crippen LogP contribution in [-0.4, -0.2) is 12.6 Å². The summed E-state index contributed by atoms with van der Waals surface area (Å²) in [6.07, 6.45) is 11.6. The summed E-state index contributed by atoms with van der Waals surface area (Å²) >= 11 is 0. The molecule has 0 saturated carbocycles. The standard InChI is InChI=1S/C13H14O2/c1-3-15-12(14)13-8-4-6-10(2)11(13)7-5-9-13/h4-9H,3H2,1-2H3.